The fourth-order valence-corrected chi connectivity index (χ4v) is 5.16. The van der Waals surface area contributed by atoms with Crippen LogP contribution in [0.15, 0.2) is 18.2 Å². The third-order valence-electron chi connectivity index (χ3n) is 6.04. The van der Waals surface area contributed by atoms with E-state index >= 15 is 0 Å². The average Bonchev–Trinajstić information content (AvgIpc) is 2.54. The van der Waals surface area contributed by atoms with Gasteiger partial charge in [0, 0.05) is 18.0 Å². The number of fused-ring (bicyclic) bond motifs is 1. The van der Waals surface area contributed by atoms with Gasteiger partial charge in [0.2, 0.25) is 6.39 Å². The summed E-state index contributed by atoms with van der Waals surface area (Å²) >= 11 is 0. The van der Waals surface area contributed by atoms with Crippen LogP contribution in [-0.4, -0.2) is 30.9 Å². The standard InChI is InChI=1S/C18H23NO2/c1-21-14-6-5-13-10-17-15-4-2-3-7-18(15,16(13)11-14)8-9-19(17)12-20/h5-6,11-12,15,17H,2-4,7-10H2,1H3/t15-,17+,18+/m1/s1/i1D3,12D. The summed E-state index contributed by atoms with van der Waals surface area (Å²) in [5.41, 5.74) is 2.38. The maximum absolute atomic E-state index is 11.8. The van der Waals surface area contributed by atoms with Crippen molar-refractivity contribution in [3.63, 3.8) is 0 Å². The minimum atomic E-state index is -2.45. The van der Waals surface area contributed by atoms with Gasteiger partial charge in [0.05, 0.1) is 11.2 Å². The Kier molecular flexibility index (Phi) is 2.15. The second-order valence-corrected chi connectivity index (χ2v) is 6.74. The van der Waals surface area contributed by atoms with Crippen LogP contribution in [0.3, 0.4) is 0 Å². The van der Waals surface area contributed by atoms with Gasteiger partial charge in [-0.05, 0) is 54.9 Å². The van der Waals surface area contributed by atoms with E-state index in [9.17, 15) is 4.79 Å². The molecule has 2 aliphatic carbocycles. The molecule has 1 saturated heterocycles. The molecule has 1 amide bonds. The molecule has 0 spiro atoms. The number of methoxy groups -OCH3 is 1. The van der Waals surface area contributed by atoms with Crippen LogP contribution in [0, 0.1) is 5.92 Å². The summed E-state index contributed by atoms with van der Waals surface area (Å²) in [7, 11) is -2.45. The molecule has 2 fully saturated rings. The highest BCUT2D eigenvalue weighted by Gasteiger charge is 2.53. The number of nitrogens with zero attached hydrogens (tertiary/aromatic N) is 1. The molecule has 1 saturated carbocycles. The largest absolute Gasteiger partial charge is 0.497 e. The number of carbonyl (C=O) groups excluding carboxylic acids is 1. The summed E-state index contributed by atoms with van der Waals surface area (Å²) in [6, 6.07) is 5.69. The molecule has 1 aromatic rings. The number of ether oxygens (including phenoxy) is 1. The van der Waals surface area contributed by atoms with E-state index in [0.717, 1.165) is 38.5 Å². The number of likely N-dealkylation sites (tertiary alicyclic amines) is 1. The molecule has 2 bridgehead atoms. The van der Waals surface area contributed by atoms with Crippen LogP contribution in [0.1, 0.15) is 48.7 Å². The van der Waals surface area contributed by atoms with Crippen molar-refractivity contribution < 1.29 is 15.0 Å². The van der Waals surface area contributed by atoms with Gasteiger partial charge in [-0.3, -0.25) is 4.79 Å². The number of rotatable bonds is 1. The van der Waals surface area contributed by atoms with Gasteiger partial charge in [0.1, 0.15) is 7.12 Å². The third kappa shape index (κ3) is 1.76. The average molecular weight is 289 g/mol. The van der Waals surface area contributed by atoms with Crippen LogP contribution in [0.5, 0.6) is 5.75 Å². The molecule has 3 nitrogen and oxygen atoms in total. The van der Waals surface area contributed by atoms with E-state index in [0.29, 0.717) is 18.2 Å². The van der Waals surface area contributed by atoms with Crippen molar-refractivity contribution in [2.24, 2.45) is 5.92 Å². The first-order valence-electron chi connectivity index (χ1n) is 9.90. The SMILES string of the molecule is [2H]C(=O)N1CC[C@@]23CCCC[C@@H]2[C@@H]1Cc1ccc(OC([2H])([2H])[2H])cc13. The Hall–Kier alpha value is -1.51. The molecule has 4 rings (SSSR count). The van der Waals surface area contributed by atoms with Gasteiger partial charge in [-0.25, -0.2) is 0 Å². The van der Waals surface area contributed by atoms with Gasteiger partial charge in [-0.1, -0.05) is 18.9 Å². The molecule has 0 aromatic heterocycles. The van der Waals surface area contributed by atoms with E-state index in [1.165, 1.54) is 11.1 Å². The van der Waals surface area contributed by atoms with Crippen molar-refractivity contribution in [1.29, 1.82) is 0 Å². The Bertz CT molecular complexity index is 705. The molecule has 0 radical (unpaired) electrons. The topological polar surface area (TPSA) is 29.5 Å². The van der Waals surface area contributed by atoms with Gasteiger partial charge in [0.25, 0.3) is 0 Å². The van der Waals surface area contributed by atoms with Crippen LogP contribution >= 0.6 is 0 Å². The number of piperidine rings is 1. The van der Waals surface area contributed by atoms with Crippen molar-refractivity contribution in [2.45, 2.75) is 50.0 Å². The molecule has 3 heteroatoms. The summed E-state index contributed by atoms with van der Waals surface area (Å²) in [6.45, 7) is 0.618. The molecule has 3 aliphatic rings. The lowest BCUT2D eigenvalue weighted by Gasteiger charge is -2.58. The van der Waals surface area contributed by atoms with E-state index in [1.807, 2.05) is 12.1 Å². The number of amides is 1. The van der Waals surface area contributed by atoms with Crippen molar-refractivity contribution >= 4 is 6.39 Å². The Morgan fingerprint density at radius 3 is 3.29 bits per heavy atom. The fraction of sp³-hybridized carbons (Fsp3) is 0.611. The van der Waals surface area contributed by atoms with Gasteiger partial charge < -0.3 is 9.64 Å². The Balaban J connectivity index is 1.78. The summed E-state index contributed by atoms with van der Waals surface area (Å²) in [4.78, 5) is 13.5. The van der Waals surface area contributed by atoms with Gasteiger partial charge in [-0.15, -0.1) is 0 Å². The zero-order valence-corrected chi connectivity index (χ0v) is 12.1. The quantitative estimate of drug-likeness (QED) is 0.744. The first kappa shape index (κ1) is 9.50. The van der Waals surface area contributed by atoms with Crippen molar-refractivity contribution in [1.82, 2.24) is 4.90 Å². The molecular formula is C18H23NO2. The number of carbonyl (C=O) groups is 1. The lowest BCUT2D eigenvalue weighted by Crippen LogP contribution is -2.60. The second-order valence-electron chi connectivity index (χ2n) is 6.74. The van der Waals surface area contributed by atoms with Crippen LogP contribution < -0.4 is 4.74 Å². The first-order chi connectivity index (χ1) is 11.8. The zero-order chi connectivity index (χ0) is 17.8. The molecule has 0 unspecified atom stereocenters. The third-order valence-corrected chi connectivity index (χ3v) is 6.04. The van der Waals surface area contributed by atoms with Crippen molar-refractivity contribution in [3.8, 4) is 5.75 Å². The van der Waals surface area contributed by atoms with Crippen LogP contribution in [0.4, 0.5) is 0 Å². The normalized spacial score (nSPS) is 37.2. The highest BCUT2D eigenvalue weighted by molar-refractivity contribution is 5.52. The van der Waals surface area contributed by atoms with Crippen molar-refractivity contribution in [2.75, 3.05) is 13.6 Å². The summed E-state index contributed by atoms with van der Waals surface area (Å²) in [6.07, 6.45) is 5.47. The molecule has 21 heavy (non-hydrogen) atoms. The molecule has 3 atom stereocenters. The first-order valence-corrected chi connectivity index (χ1v) is 7.90. The Morgan fingerprint density at radius 1 is 1.48 bits per heavy atom. The molecule has 1 heterocycles. The van der Waals surface area contributed by atoms with E-state index in [-0.39, 0.29) is 11.5 Å². The zero-order valence-electron chi connectivity index (χ0n) is 16.1. The predicted molar refractivity (Wildman–Crippen MR) is 81.5 cm³/mol. The van der Waals surface area contributed by atoms with Crippen LogP contribution in [0.25, 0.3) is 0 Å². The Labute approximate surface area is 131 Å². The van der Waals surface area contributed by atoms with E-state index in [1.54, 1.807) is 11.0 Å². The lowest BCUT2D eigenvalue weighted by atomic mass is 9.52. The Morgan fingerprint density at radius 2 is 2.43 bits per heavy atom. The van der Waals surface area contributed by atoms with E-state index < -0.39 is 13.4 Å². The summed E-state index contributed by atoms with van der Waals surface area (Å²) in [5, 5.41) is 0. The maximum Gasteiger partial charge on any atom is 0.209 e. The summed E-state index contributed by atoms with van der Waals surface area (Å²) in [5.74, 6) is 0.759. The monoisotopic (exact) mass is 289 g/mol. The number of benzene rings is 1. The van der Waals surface area contributed by atoms with E-state index in [4.69, 9.17) is 10.2 Å². The molecule has 1 aliphatic heterocycles. The van der Waals surface area contributed by atoms with Crippen molar-refractivity contribution in [3.05, 3.63) is 29.3 Å². The highest BCUT2D eigenvalue weighted by atomic mass is 16.5. The minimum Gasteiger partial charge on any atom is -0.497 e. The van der Waals surface area contributed by atoms with Crippen LogP contribution in [0.2, 0.25) is 0 Å². The molecule has 112 valence electrons. The lowest BCUT2D eigenvalue weighted by molar-refractivity contribution is -0.126. The second kappa shape index (κ2) is 4.75. The molecular weight excluding hydrogens is 262 g/mol. The number of hydrogen-bond acceptors (Lipinski definition) is 2. The fourth-order valence-electron chi connectivity index (χ4n) is 5.16. The molecule has 1 aromatic carbocycles. The smallest absolute Gasteiger partial charge is 0.209 e. The van der Waals surface area contributed by atoms with E-state index in [2.05, 4.69) is 0 Å². The van der Waals surface area contributed by atoms with Crippen LogP contribution in [-0.2, 0) is 16.6 Å². The predicted octanol–water partition coefficient (Wildman–Crippen LogP) is 2.91. The van der Waals surface area contributed by atoms with Gasteiger partial charge in [-0.2, -0.15) is 0 Å². The summed E-state index contributed by atoms with van der Waals surface area (Å²) < 4.78 is 34.8. The highest BCUT2D eigenvalue weighted by Crippen LogP contribution is 2.55. The number of hydrogen-bond donors (Lipinski definition) is 0. The van der Waals surface area contributed by atoms with Gasteiger partial charge in [0.15, 0.2) is 0 Å². The maximum atomic E-state index is 11.8. The molecule has 0 N–H and O–H groups in total. The van der Waals surface area contributed by atoms with Gasteiger partial charge >= 0.3 is 0 Å². The minimum absolute atomic E-state index is 0.00341.